The average Bonchev–Trinajstić information content (AvgIpc) is 3.27. The highest BCUT2D eigenvalue weighted by Crippen LogP contribution is 2.50. The van der Waals surface area contributed by atoms with E-state index in [1.807, 2.05) is 54.6 Å². The predicted octanol–water partition coefficient (Wildman–Crippen LogP) is 9.09. The number of fused-ring (bicyclic) bond motifs is 8. The second-order valence-corrected chi connectivity index (χ2v) is 9.57. The predicted molar refractivity (Wildman–Crippen MR) is 144 cm³/mol. The summed E-state index contributed by atoms with van der Waals surface area (Å²) in [6, 6.07) is 34.6. The van der Waals surface area contributed by atoms with Gasteiger partial charge in [-0.1, -0.05) is 84.9 Å². The summed E-state index contributed by atoms with van der Waals surface area (Å²) >= 11 is 1.71. The maximum Gasteiger partial charge on any atom is 0.285 e. The van der Waals surface area contributed by atoms with Crippen LogP contribution in [0.4, 0.5) is 5.69 Å². The van der Waals surface area contributed by atoms with Gasteiger partial charge < -0.3 is 0 Å². The SMILES string of the molecule is O=[N+]([O-])c1c(-c2cc3ccccc3c3c2sc2ccccc23)c2ccccc2c2ccccc12. The highest BCUT2D eigenvalue weighted by Gasteiger charge is 2.26. The molecule has 7 aromatic rings. The van der Waals surface area contributed by atoms with E-state index in [0.717, 1.165) is 31.8 Å². The quantitative estimate of drug-likeness (QED) is 0.148. The molecule has 0 aliphatic rings. The van der Waals surface area contributed by atoms with Crippen LogP contribution in [0.5, 0.6) is 0 Å². The number of nitro groups is 1. The minimum Gasteiger partial charge on any atom is -0.258 e. The molecule has 0 aliphatic carbocycles. The van der Waals surface area contributed by atoms with Crippen LogP contribution in [0.15, 0.2) is 103 Å². The monoisotopic (exact) mass is 455 g/mol. The van der Waals surface area contributed by atoms with Crippen molar-refractivity contribution < 1.29 is 4.92 Å². The Morgan fingerprint density at radius 3 is 1.91 bits per heavy atom. The molecule has 0 fully saturated rings. The number of nitro benzene ring substituents is 1. The fraction of sp³-hybridized carbons (Fsp3) is 0. The van der Waals surface area contributed by atoms with Gasteiger partial charge in [0.05, 0.1) is 15.9 Å². The second kappa shape index (κ2) is 7.11. The summed E-state index contributed by atoms with van der Waals surface area (Å²) in [6.45, 7) is 0. The molecular weight excluding hydrogens is 438 g/mol. The molecule has 6 aromatic carbocycles. The van der Waals surface area contributed by atoms with Crippen LogP contribution in [-0.4, -0.2) is 4.92 Å². The number of benzene rings is 6. The van der Waals surface area contributed by atoms with Crippen LogP contribution in [-0.2, 0) is 0 Å². The zero-order chi connectivity index (χ0) is 22.8. The highest BCUT2D eigenvalue weighted by atomic mass is 32.1. The van der Waals surface area contributed by atoms with E-state index in [1.165, 1.54) is 20.9 Å². The number of hydrogen-bond acceptors (Lipinski definition) is 3. The molecule has 0 atom stereocenters. The van der Waals surface area contributed by atoms with E-state index in [0.29, 0.717) is 10.9 Å². The van der Waals surface area contributed by atoms with Crippen molar-refractivity contribution in [3.05, 3.63) is 113 Å². The molecule has 0 N–H and O–H groups in total. The van der Waals surface area contributed by atoms with E-state index < -0.39 is 0 Å². The summed E-state index contributed by atoms with van der Waals surface area (Å²) in [6.07, 6.45) is 0. The van der Waals surface area contributed by atoms with Gasteiger partial charge in [0, 0.05) is 25.7 Å². The van der Waals surface area contributed by atoms with Crippen molar-refractivity contribution in [1.82, 2.24) is 0 Å². The maximum absolute atomic E-state index is 12.6. The Hall–Kier alpha value is -4.28. The normalized spacial score (nSPS) is 11.8. The summed E-state index contributed by atoms with van der Waals surface area (Å²) in [4.78, 5) is 12.4. The fourth-order valence-electron chi connectivity index (χ4n) is 5.34. The van der Waals surface area contributed by atoms with E-state index in [1.54, 1.807) is 11.3 Å². The Morgan fingerprint density at radius 2 is 1.18 bits per heavy atom. The first-order valence-corrected chi connectivity index (χ1v) is 12.0. The van der Waals surface area contributed by atoms with E-state index in [-0.39, 0.29) is 10.6 Å². The van der Waals surface area contributed by atoms with Gasteiger partial charge in [0.1, 0.15) is 0 Å². The Balaban J connectivity index is 1.79. The van der Waals surface area contributed by atoms with Crippen molar-refractivity contribution in [1.29, 1.82) is 0 Å². The molecule has 3 nitrogen and oxygen atoms in total. The van der Waals surface area contributed by atoms with Gasteiger partial charge >= 0.3 is 0 Å². The van der Waals surface area contributed by atoms with Crippen molar-refractivity contribution in [2.75, 3.05) is 0 Å². The van der Waals surface area contributed by atoms with Crippen LogP contribution in [0.2, 0.25) is 0 Å². The molecule has 0 saturated heterocycles. The highest BCUT2D eigenvalue weighted by molar-refractivity contribution is 7.26. The Morgan fingerprint density at radius 1 is 0.618 bits per heavy atom. The van der Waals surface area contributed by atoms with Crippen molar-refractivity contribution in [3.63, 3.8) is 0 Å². The largest absolute Gasteiger partial charge is 0.285 e. The molecule has 0 unspecified atom stereocenters. The lowest BCUT2D eigenvalue weighted by Gasteiger charge is -2.14. The third-order valence-electron chi connectivity index (χ3n) is 6.73. The van der Waals surface area contributed by atoms with E-state index in [9.17, 15) is 10.1 Å². The van der Waals surface area contributed by atoms with Gasteiger partial charge in [-0.05, 0) is 45.1 Å². The molecule has 0 saturated carbocycles. The van der Waals surface area contributed by atoms with Gasteiger partial charge in [0.25, 0.3) is 5.69 Å². The fourth-order valence-corrected chi connectivity index (χ4v) is 6.58. The lowest BCUT2D eigenvalue weighted by atomic mass is 9.89. The smallest absolute Gasteiger partial charge is 0.258 e. The molecule has 1 aromatic heterocycles. The molecule has 1 heterocycles. The van der Waals surface area contributed by atoms with Gasteiger partial charge in [-0.25, -0.2) is 0 Å². The molecule has 0 radical (unpaired) electrons. The first-order chi connectivity index (χ1) is 16.7. The summed E-state index contributed by atoms with van der Waals surface area (Å²) < 4.78 is 2.27. The molecule has 34 heavy (non-hydrogen) atoms. The average molecular weight is 456 g/mol. The topological polar surface area (TPSA) is 43.1 Å². The number of hydrogen-bond donors (Lipinski definition) is 0. The minimum atomic E-state index is -0.210. The standard InChI is InChI=1S/C30H17NO2S/c32-31(33)29-23-14-6-4-12-21(23)20-11-3-5-13-22(20)27(29)25-17-18-9-1-2-10-19(18)28-24-15-7-8-16-26(24)34-30(25)28/h1-17H. The zero-order valence-corrected chi connectivity index (χ0v) is 18.8. The summed E-state index contributed by atoms with van der Waals surface area (Å²) in [7, 11) is 0. The molecule has 0 aliphatic heterocycles. The van der Waals surface area contributed by atoms with Crippen molar-refractivity contribution in [2.24, 2.45) is 0 Å². The number of rotatable bonds is 2. The molecule has 7 rings (SSSR count). The first-order valence-electron chi connectivity index (χ1n) is 11.1. The second-order valence-electron chi connectivity index (χ2n) is 8.52. The van der Waals surface area contributed by atoms with Crippen LogP contribution in [0.25, 0.3) is 63.6 Å². The van der Waals surface area contributed by atoms with E-state index in [4.69, 9.17) is 0 Å². The van der Waals surface area contributed by atoms with Gasteiger partial charge in [0.2, 0.25) is 0 Å². The molecule has 160 valence electrons. The minimum absolute atomic E-state index is 0.170. The Bertz CT molecular complexity index is 1950. The Labute approximate surface area is 198 Å². The van der Waals surface area contributed by atoms with Crippen LogP contribution in [0.1, 0.15) is 0 Å². The molecule has 0 bridgehead atoms. The lowest BCUT2D eigenvalue weighted by molar-refractivity contribution is -0.382. The molecular formula is C30H17NO2S. The van der Waals surface area contributed by atoms with Gasteiger partial charge in [-0.3, -0.25) is 10.1 Å². The molecule has 0 amide bonds. The van der Waals surface area contributed by atoms with E-state index >= 15 is 0 Å². The lowest BCUT2D eigenvalue weighted by Crippen LogP contribution is -1.96. The summed E-state index contributed by atoms with van der Waals surface area (Å²) in [5.41, 5.74) is 1.79. The molecule has 0 spiro atoms. The van der Waals surface area contributed by atoms with Crippen LogP contribution in [0.3, 0.4) is 0 Å². The van der Waals surface area contributed by atoms with Crippen LogP contribution >= 0.6 is 11.3 Å². The van der Waals surface area contributed by atoms with Crippen molar-refractivity contribution in [3.8, 4) is 11.1 Å². The van der Waals surface area contributed by atoms with Crippen molar-refractivity contribution >= 4 is 69.5 Å². The van der Waals surface area contributed by atoms with Gasteiger partial charge in [-0.15, -0.1) is 11.3 Å². The summed E-state index contributed by atoms with van der Waals surface area (Å²) in [5.74, 6) is 0. The summed E-state index contributed by atoms with van der Waals surface area (Å²) in [5, 5.41) is 20.8. The Kier molecular flexibility index (Phi) is 4.02. The van der Waals surface area contributed by atoms with Crippen molar-refractivity contribution in [2.45, 2.75) is 0 Å². The number of thiophene rings is 1. The third kappa shape index (κ3) is 2.57. The van der Waals surface area contributed by atoms with Crippen LogP contribution < -0.4 is 0 Å². The third-order valence-corrected chi connectivity index (χ3v) is 7.93. The zero-order valence-electron chi connectivity index (χ0n) is 18.0. The maximum atomic E-state index is 12.6. The van der Waals surface area contributed by atoms with E-state index in [2.05, 4.69) is 48.5 Å². The first kappa shape index (κ1) is 19.2. The van der Waals surface area contributed by atoms with Gasteiger partial charge in [0.15, 0.2) is 0 Å². The van der Waals surface area contributed by atoms with Crippen LogP contribution in [0, 0.1) is 10.1 Å². The van der Waals surface area contributed by atoms with Gasteiger partial charge in [-0.2, -0.15) is 0 Å². The number of nitrogens with zero attached hydrogens (tertiary/aromatic N) is 1. The molecule has 4 heteroatoms.